The summed E-state index contributed by atoms with van der Waals surface area (Å²) in [5, 5.41) is 23.1. The lowest BCUT2D eigenvalue weighted by atomic mass is 9.99. The standard InChI is InChI=1S/C23H25N5O2S/c1-22(2,29)8-5-14-13-28(20-19-17(7-10-31-19)26-21(24)27-20)18-11-15(25-12-16(14)18)6-9-23(3,4)30/h7,10-13,29-30H,5,8H2,1-4H3,(H2,24,26,27). The molecule has 4 heterocycles. The molecule has 0 saturated carbocycles. The summed E-state index contributed by atoms with van der Waals surface area (Å²) in [5.41, 5.74) is 7.38. The van der Waals surface area contributed by atoms with E-state index in [-0.39, 0.29) is 5.95 Å². The van der Waals surface area contributed by atoms with E-state index in [1.165, 1.54) is 0 Å². The minimum absolute atomic E-state index is 0.205. The summed E-state index contributed by atoms with van der Waals surface area (Å²) in [5.74, 6) is 6.66. The maximum atomic E-state index is 10.2. The molecular formula is C23H25N5O2S. The molecule has 7 nitrogen and oxygen atoms in total. The zero-order valence-corrected chi connectivity index (χ0v) is 18.8. The molecule has 0 aromatic carbocycles. The van der Waals surface area contributed by atoms with Crippen molar-refractivity contribution in [2.75, 3.05) is 5.73 Å². The fourth-order valence-electron chi connectivity index (χ4n) is 3.32. The lowest BCUT2D eigenvalue weighted by Crippen LogP contribution is -2.19. The first kappa shape index (κ1) is 21.2. The van der Waals surface area contributed by atoms with Crippen molar-refractivity contribution in [2.45, 2.75) is 51.7 Å². The average Bonchev–Trinajstić information content (AvgIpc) is 3.27. The van der Waals surface area contributed by atoms with Crippen molar-refractivity contribution >= 4 is 38.4 Å². The third-order valence-electron chi connectivity index (χ3n) is 4.81. The number of aliphatic hydroxyl groups is 2. The molecule has 0 amide bonds. The van der Waals surface area contributed by atoms with Gasteiger partial charge in [0.2, 0.25) is 5.95 Å². The molecule has 0 saturated heterocycles. The van der Waals surface area contributed by atoms with Crippen molar-refractivity contribution in [3.63, 3.8) is 0 Å². The summed E-state index contributed by atoms with van der Waals surface area (Å²) < 4.78 is 2.92. The number of hydrogen-bond donors (Lipinski definition) is 3. The Morgan fingerprint density at radius 3 is 2.68 bits per heavy atom. The summed E-state index contributed by atoms with van der Waals surface area (Å²) in [6, 6.07) is 3.81. The van der Waals surface area contributed by atoms with Gasteiger partial charge in [0.05, 0.1) is 21.3 Å². The van der Waals surface area contributed by atoms with Gasteiger partial charge < -0.3 is 15.9 Å². The van der Waals surface area contributed by atoms with E-state index in [1.54, 1.807) is 45.2 Å². The SMILES string of the molecule is CC(C)(O)C#Cc1cc2c(cn1)c(CCC(C)(C)O)cn2-c1nc(N)nc2ccsc12. The molecule has 4 aromatic heterocycles. The molecule has 0 unspecified atom stereocenters. The lowest BCUT2D eigenvalue weighted by molar-refractivity contribution is 0.0715. The van der Waals surface area contributed by atoms with Gasteiger partial charge >= 0.3 is 0 Å². The molecule has 4 aromatic rings. The number of fused-ring (bicyclic) bond motifs is 2. The summed E-state index contributed by atoms with van der Waals surface area (Å²) in [4.78, 5) is 13.3. The first-order chi connectivity index (χ1) is 14.5. The van der Waals surface area contributed by atoms with Gasteiger partial charge in [0, 0.05) is 17.8 Å². The highest BCUT2D eigenvalue weighted by Crippen LogP contribution is 2.32. The molecule has 8 heteroatoms. The first-order valence-electron chi connectivity index (χ1n) is 9.99. The van der Waals surface area contributed by atoms with Gasteiger partial charge in [0.15, 0.2) is 5.82 Å². The number of anilines is 1. The normalized spacial score (nSPS) is 12.3. The minimum atomic E-state index is -1.11. The Balaban J connectivity index is 1.93. The molecule has 0 bridgehead atoms. The van der Waals surface area contributed by atoms with E-state index >= 15 is 0 Å². The van der Waals surface area contributed by atoms with Crippen LogP contribution in [-0.2, 0) is 6.42 Å². The van der Waals surface area contributed by atoms with Crippen LogP contribution in [0.4, 0.5) is 5.95 Å². The van der Waals surface area contributed by atoms with Crippen LogP contribution in [0.1, 0.15) is 45.4 Å². The van der Waals surface area contributed by atoms with Crippen LogP contribution in [0.25, 0.3) is 26.9 Å². The molecule has 0 aliphatic rings. The van der Waals surface area contributed by atoms with E-state index in [9.17, 15) is 10.2 Å². The number of nitrogens with zero attached hydrogens (tertiary/aromatic N) is 4. The Labute approximate surface area is 184 Å². The van der Waals surface area contributed by atoms with Crippen LogP contribution in [0.5, 0.6) is 0 Å². The third kappa shape index (κ3) is 4.69. The van der Waals surface area contributed by atoms with Crippen LogP contribution >= 0.6 is 11.3 Å². The van der Waals surface area contributed by atoms with Crippen LogP contribution < -0.4 is 5.73 Å². The zero-order valence-electron chi connectivity index (χ0n) is 18.0. The highest BCUT2D eigenvalue weighted by atomic mass is 32.1. The molecule has 0 spiro atoms. The molecular weight excluding hydrogens is 410 g/mol. The number of rotatable bonds is 4. The van der Waals surface area contributed by atoms with Gasteiger partial charge in [-0.3, -0.25) is 4.57 Å². The quantitative estimate of drug-likeness (QED) is 0.424. The number of hydrogen-bond acceptors (Lipinski definition) is 7. The van der Waals surface area contributed by atoms with Crippen LogP contribution in [-0.4, -0.2) is 40.9 Å². The Bertz CT molecular complexity index is 1330. The molecule has 0 aliphatic heterocycles. The highest BCUT2D eigenvalue weighted by Gasteiger charge is 2.19. The smallest absolute Gasteiger partial charge is 0.222 e. The predicted octanol–water partition coefficient (Wildman–Crippen LogP) is 3.44. The van der Waals surface area contributed by atoms with E-state index in [0.717, 1.165) is 26.7 Å². The lowest BCUT2D eigenvalue weighted by Gasteiger charge is -2.16. The van der Waals surface area contributed by atoms with Crippen LogP contribution in [0.3, 0.4) is 0 Å². The minimum Gasteiger partial charge on any atom is -0.390 e. The molecule has 4 rings (SSSR count). The Kier molecular flexibility index (Phi) is 5.21. The van der Waals surface area contributed by atoms with Crippen molar-refractivity contribution < 1.29 is 10.2 Å². The Hall–Kier alpha value is -2.99. The average molecular weight is 436 g/mol. The van der Waals surface area contributed by atoms with E-state index in [2.05, 4.69) is 26.8 Å². The second kappa shape index (κ2) is 7.61. The first-order valence-corrected chi connectivity index (χ1v) is 10.9. The summed E-state index contributed by atoms with van der Waals surface area (Å²) in [6.45, 7) is 6.87. The van der Waals surface area contributed by atoms with E-state index in [4.69, 9.17) is 5.73 Å². The maximum absolute atomic E-state index is 10.2. The number of pyridine rings is 1. The van der Waals surface area contributed by atoms with Crippen LogP contribution in [0.15, 0.2) is 29.9 Å². The van der Waals surface area contributed by atoms with Crippen LogP contribution in [0, 0.1) is 11.8 Å². The van der Waals surface area contributed by atoms with Gasteiger partial charge in [0.25, 0.3) is 0 Å². The topological polar surface area (TPSA) is 110 Å². The number of nitrogen functional groups attached to an aromatic ring is 1. The number of thiophene rings is 1. The van der Waals surface area contributed by atoms with Crippen molar-refractivity contribution in [3.05, 3.63) is 41.2 Å². The molecule has 0 fully saturated rings. The Morgan fingerprint density at radius 2 is 1.97 bits per heavy atom. The molecule has 31 heavy (non-hydrogen) atoms. The third-order valence-corrected chi connectivity index (χ3v) is 5.71. The number of aryl methyl sites for hydroxylation is 1. The monoisotopic (exact) mass is 435 g/mol. The van der Waals surface area contributed by atoms with Crippen LogP contribution in [0.2, 0.25) is 0 Å². The van der Waals surface area contributed by atoms with E-state index in [0.29, 0.717) is 24.4 Å². The van der Waals surface area contributed by atoms with Gasteiger partial charge in [0.1, 0.15) is 11.3 Å². The Morgan fingerprint density at radius 1 is 1.19 bits per heavy atom. The summed E-state index contributed by atoms with van der Waals surface area (Å²) in [7, 11) is 0. The number of nitrogens with two attached hydrogens (primary N) is 1. The fourth-order valence-corrected chi connectivity index (χ4v) is 4.13. The van der Waals surface area contributed by atoms with Gasteiger partial charge in [-0.05, 0) is 69.5 Å². The van der Waals surface area contributed by atoms with Crippen molar-refractivity contribution in [2.24, 2.45) is 0 Å². The van der Waals surface area contributed by atoms with Gasteiger partial charge in [-0.15, -0.1) is 11.3 Å². The molecule has 160 valence electrons. The zero-order chi connectivity index (χ0) is 22.4. The second-order valence-electron chi connectivity index (χ2n) is 8.77. The van der Waals surface area contributed by atoms with Crippen molar-refractivity contribution in [1.29, 1.82) is 0 Å². The van der Waals surface area contributed by atoms with Gasteiger partial charge in [-0.1, -0.05) is 5.92 Å². The van der Waals surface area contributed by atoms with Crippen molar-refractivity contribution in [3.8, 4) is 17.7 Å². The summed E-state index contributed by atoms with van der Waals surface area (Å²) >= 11 is 1.55. The van der Waals surface area contributed by atoms with Gasteiger partial charge in [-0.25, -0.2) is 9.97 Å². The molecule has 0 aliphatic carbocycles. The molecule has 0 radical (unpaired) electrons. The van der Waals surface area contributed by atoms with E-state index in [1.807, 2.05) is 28.3 Å². The molecule has 0 atom stereocenters. The second-order valence-corrected chi connectivity index (χ2v) is 9.69. The predicted molar refractivity (Wildman–Crippen MR) is 124 cm³/mol. The number of aromatic nitrogens is 4. The largest absolute Gasteiger partial charge is 0.390 e. The fraction of sp³-hybridized carbons (Fsp3) is 0.348. The summed E-state index contributed by atoms with van der Waals surface area (Å²) in [6.07, 6.45) is 5.09. The van der Waals surface area contributed by atoms with Gasteiger partial charge in [-0.2, -0.15) is 4.98 Å². The maximum Gasteiger partial charge on any atom is 0.222 e. The van der Waals surface area contributed by atoms with E-state index < -0.39 is 11.2 Å². The highest BCUT2D eigenvalue weighted by molar-refractivity contribution is 7.17. The van der Waals surface area contributed by atoms with Crippen molar-refractivity contribution in [1.82, 2.24) is 19.5 Å². The molecule has 4 N–H and O–H groups in total.